The Hall–Kier alpha value is -3.55. The number of nitrogens with one attached hydrogen (secondary N) is 1. The number of aliphatic carboxylic acids is 1. The minimum atomic E-state index is -1.16. The van der Waals surface area contributed by atoms with E-state index in [0.717, 1.165) is 4.90 Å². The number of hydrogen-bond donors (Lipinski definition) is 2. The predicted octanol–water partition coefficient (Wildman–Crippen LogP) is 1.55. The second kappa shape index (κ2) is 9.96. The molecule has 0 atom stereocenters. The van der Waals surface area contributed by atoms with Gasteiger partial charge >= 0.3 is 5.97 Å². The zero-order valence-electron chi connectivity index (χ0n) is 15.7. The average Bonchev–Trinajstić information content (AvgIpc) is 2.71. The Bertz CT molecular complexity index is 816. The molecule has 8 nitrogen and oxygen atoms in total. The molecule has 0 spiro atoms. The lowest BCUT2D eigenvalue weighted by atomic mass is 10.1. The van der Waals surface area contributed by atoms with E-state index in [-0.39, 0.29) is 13.1 Å². The van der Waals surface area contributed by atoms with Crippen LogP contribution in [0.4, 0.5) is 0 Å². The number of hydrogen-bond acceptors (Lipinski definition) is 5. The third-order valence-corrected chi connectivity index (χ3v) is 3.90. The number of carbonyl (C=O) groups excluding carboxylic acids is 2. The molecule has 2 amide bonds. The van der Waals surface area contributed by atoms with Gasteiger partial charge in [0.2, 0.25) is 5.91 Å². The number of carboxylic acid groups (broad SMARTS) is 1. The minimum absolute atomic E-state index is 0.0277. The zero-order valence-corrected chi connectivity index (χ0v) is 15.7. The van der Waals surface area contributed by atoms with E-state index in [0.29, 0.717) is 22.6 Å². The van der Waals surface area contributed by atoms with Crippen LogP contribution in [0.2, 0.25) is 0 Å². The van der Waals surface area contributed by atoms with Gasteiger partial charge in [-0.2, -0.15) is 0 Å². The molecule has 2 aromatic carbocycles. The first-order chi connectivity index (χ1) is 13.4. The lowest BCUT2D eigenvalue weighted by molar-refractivity contribution is -0.144. The molecule has 0 aliphatic carbocycles. The van der Waals surface area contributed by atoms with Gasteiger partial charge in [0.15, 0.2) is 0 Å². The van der Waals surface area contributed by atoms with E-state index in [4.69, 9.17) is 14.6 Å². The zero-order chi connectivity index (χ0) is 20.5. The van der Waals surface area contributed by atoms with Gasteiger partial charge in [0.05, 0.1) is 20.8 Å². The maximum Gasteiger partial charge on any atom is 0.323 e. The van der Waals surface area contributed by atoms with Gasteiger partial charge in [-0.1, -0.05) is 18.2 Å². The summed E-state index contributed by atoms with van der Waals surface area (Å²) in [6.45, 7) is -0.790. The molecule has 0 unspecified atom stereocenters. The molecule has 0 aromatic heterocycles. The molecule has 148 valence electrons. The van der Waals surface area contributed by atoms with Crippen molar-refractivity contribution in [3.63, 3.8) is 0 Å². The SMILES string of the molecule is COc1cc(CN(CC(=O)O)C(=O)CNC(=O)c2ccccc2)cc(OC)c1. The standard InChI is InChI=1S/C20H22N2O6/c1-27-16-8-14(9-17(10-16)28-2)12-22(13-19(24)25)18(23)11-21-20(26)15-6-4-3-5-7-15/h3-10H,11-13H2,1-2H3,(H,21,26)(H,24,25). The summed E-state index contributed by atoms with van der Waals surface area (Å²) in [7, 11) is 3.00. The normalized spacial score (nSPS) is 10.1. The van der Waals surface area contributed by atoms with Crippen LogP contribution in [-0.2, 0) is 16.1 Å². The molecule has 2 rings (SSSR count). The van der Waals surface area contributed by atoms with Gasteiger partial charge < -0.3 is 24.8 Å². The van der Waals surface area contributed by atoms with Gasteiger partial charge in [0.1, 0.15) is 18.0 Å². The lowest BCUT2D eigenvalue weighted by Crippen LogP contribution is -2.42. The van der Waals surface area contributed by atoms with Gasteiger partial charge in [0, 0.05) is 18.2 Å². The van der Waals surface area contributed by atoms with Crippen molar-refractivity contribution in [2.24, 2.45) is 0 Å². The number of rotatable bonds is 9. The van der Waals surface area contributed by atoms with E-state index >= 15 is 0 Å². The Morgan fingerprint density at radius 2 is 1.61 bits per heavy atom. The van der Waals surface area contributed by atoms with Gasteiger partial charge in [0.25, 0.3) is 5.91 Å². The number of nitrogens with zero attached hydrogens (tertiary/aromatic N) is 1. The topological polar surface area (TPSA) is 105 Å². The molecule has 0 radical (unpaired) electrons. The Balaban J connectivity index is 2.09. The van der Waals surface area contributed by atoms with Crippen molar-refractivity contribution in [2.45, 2.75) is 6.54 Å². The number of carboxylic acids is 1. The maximum absolute atomic E-state index is 12.5. The van der Waals surface area contributed by atoms with Crippen LogP contribution in [0.15, 0.2) is 48.5 Å². The van der Waals surface area contributed by atoms with Gasteiger partial charge in [-0.05, 0) is 29.8 Å². The molecule has 2 aromatic rings. The molecule has 28 heavy (non-hydrogen) atoms. The fraction of sp³-hybridized carbons (Fsp3) is 0.250. The second-order valence-electron chi connectivity index (χ2n) is 5.91. The highest BCUT2D eigenvalue weighted by Gasteiger charge is 2.19. The van der Waals surface area contributed by atoms with Gasteiger partial charge in [-0.3, -0.25) is 14.4 Å². The number of benzene rings is 2. The van der Waals surface area contributed by atoms with Crippen molar-refractivity contribution in [2.75, 3.05) is 27.3 Å². The molecule has 0 aliphatic heterocycles. The van der Waals surface area contributed by atoms with E-state index in [2.05, 4.69) is 5.32 Å². The first-order valence-corrected chi connectivity index (χ1v) is 8.47. The molecule has 0 aliphatic rings. The Kier molecular flexibility index (Phi) is 7.38. The molecule has 8 heteroatoms. The van der Waals surface area contributed by atoms with E-state index in [1.165, 1.54) is 14.2 Å². The van der Waals surface area contributed by atoms with E-state index in [1.807, 2.05) is 0 Å². The first kappa shape index (κ1) is 20.8. The molecule has 0 bridgehead atoms. The number of ether oxygens (including phenoxy) is 2. The summed E-state index contributed by atoms with van der Waals surface area (Å²) < 4.78 is 10.4. The summed E-state index contributed by atoms with van der Waals surface area (Å²) >= 11 is 0. The van der Waals surface area contributed by atoms with Crippen molar-refractivity contribution in [1.82, 2.24) is 10.2 Å². The number of methoxy groups -OCH3 is 2. The monoisotopic (exact) mass is 386 g/mol. The van der Waals surface area contributed by atoms with Crippen molar-refractivity contribution >= 4 is 17.8 Å². The fourth-order valence-electron chi connectivity index (χ4n) is 2.53. The summed E-state index contributed by atoms with van der Waals surface area (Å²) in [6, 6.07) is 13.5. The van der Waals surface area contributed by atoms with Crippen molar-refractivity contribution < 1.29 is 29.0 Å². The lowest BCUT2D eigenvalue weighted by Gasteiger charge is -2.21. The van der Waals surface area contributed by atoms with Crippen LogP contribution in [0, 0.1) is 0 Å². The summed E-state index contributed by atoms with van der Waals surface area (Å²) in [4.78, 5) is 36.9. The van der Waals surface area contributed by atoms with Gasteiger partial charge in [-0.25, -0.2) is 0 Å². The molecular formula is C20H22N2O6. The second-order valence-corrected chi connectivity index (χ2v) is 5.91. The van der Waals surface area contributed by atoms with Crippen LogP contribution in [0.3, 0.4) is 0 Å². The highest BCUT2D eigenvalue weighted by atomic mass is 16.5. The average molecular weight is 386 g/mol. The Morgan fingerprint density at radius 3 is 2.14 bits per heavy atom. The van der Waals surface area contributed by atoms with Crippen LogP contribution in [0.25, 0.3) is 0 Å². The van der Waals surface area contributed by atoms with Crippen molar-refractivity contribution in [1.29, 1.82) is 0 Å². The minimum Gasteiger partial charge on any atom is -0.497 e. The Labute approximate surface area is 162 Å². The van der Waals surface area contributed by atoms with Crippen LogP contribution in [0.1, 0.15) is 15.9 Å². The predicted molar refractivity (Wildman–Crippen MR) is 101 cm³/mol. The van der Waals surface area contributed by atoms with E-state index in [9.17, 15) is 14.4 Å². The molecule has 2 N–H and O–H groups in total. The fourth-order valence-corrected chi connectivity index (χ4v) is 2.53. The smallest absolute Gasteiger partial charge is 0.323 e. The van der Waals surface area contributed by atoms with Crippen molar-refractivity contribution in [3.05, 3.63) is 59.7 Å². The van der Waals surface area contributed by atoms with Crippen molar-refractivity contribution in [3.8, 4) is 11.5 Å². The van der Waals surface area contributed by atoms with Crippen LogP contribution in [0.5, 0.6) is 11.5 Å². The highest BCUT2D eigenvalue weighted by Crippen LogP contribution is 2.23. The quantitative estimate of drug-likeness (QED) is 0.677. The third kappa shape index (κ3) is 6.01. The summed E-state index contributed by atoms with van der Waals surface area (Å²) in [6.07, 6.45) is 0. The third-order valence-electron chi connectivity index (χ3n) is 3.90. The number of amides is 2. The molecular weight excluding hydrogens is 364 g/mol. The maximum atomic E-state index is 12.5. The first-order valence-electron chi connectivity index (χ1n) is 8.47. The molecule has 0 heterocycles. The van der Waals surface area contributed by atoms with Crippen LogP contribution < -0.4 is 14.8 Å². The van der Waals surface area contributed by atoms with Gasteiger partial charge in [-0.15, -0.1) is 0 Å². The largest absolute Gasteiger partial charge is 0.497 e. The number of carbonyl (C=O) groups is 3. The van der Waals surface area contributed by atoms with E-state index < -0.39 is 24.3 Å². The Morgan fingerprint density at radius 1 is 1.00 bits per heavy atom. The summed E-state index contributed by atoms with van der Waals surface area (Å²) in [5, 5.41) is 11.6. The van der Waals surface area contributed by atoms with Crippen LogP contribution >= 0.6 is 0 Å². The van der Waals surface area contributed by atoms with E-state index in [1.54, 1.807) is 48.5 Å². The molecule has 0 fully saturated rings. The van der Waals surface area contributed by atoms with Crippen LogP contribution in [-0.4, -0.2) is 55.1 Å². The molecule has 0 saturated carbocycles. The summed E-state index contributed by atoms with van der Waals surface area (Å²) in [5.41, 5.74) is 1.05. The molecule has 0 saturated heterocycles. The summed E-state index contributed by atoms with van der Waals surface area (Å²) in [5.74, 6) is -1.04. The highest BCUT2D eigenvalue weighted by molar-refractivity contribution is 5.96.